The number of hydrogen-bond acceptors (Lipinski definition) is 6. The average Bonchev–Trinajstić information content (AvgIpc) is 3.44. The van der Waals surface area contributed by atoms with Gasteiger partial charge in [-0.2, -0.15) is 0 Å². The van der Waals surface area contributed by atoms with Crippen LogP contribution in [0.5, 0.6) is 0 Å². The number of nitrogens with zero attached hydrogens (tertiary/aromatic N) is 1. The number of quaternary nitrogens is 1. The number of likely N-dealkylation sites (N-methyl/N-ethyl adjacent to an activating group) is 1. The molecule has 2 N–H and O–H groups in total. The van der Waals surface area contributed by atoms with Crippen LogP contribution in [-0.2, 0) is 27.9 Å². The van der Waals surface area contributed by atoms with Crippen LogP contribution in [0.4, 0.5) is 0 Å². The van der Waals surface area contributed by atoms with Crippen LogP contribution in [0.2, 0.25) is 0 Å². The Bertz CT molecular complexity index is 1660. The number of allylic oxidation sites excluding steroid dienone is 13. The number of nitrogens with one attached hydrogen (secondary N) is 1. The van der Waals surface area contributed by atoms with Crippen LogP contribution in [-0.4, -0.2) is 74.3 Å². The summed E-state index contributed by atoms with van der Waals surface area (Å²) in [6.45, 7) is 6.91. The van der Waals surface area contributed by atoms with Gasteiger partial charge in [0.1, 0.15) is 19.3 Å². The highest BCUT2D eigenvalue weighted by molar-refractivity contribution is 7.47. The summed E-state index contributed by atoms with van der Waals surface area (Å²) in [5, 5.41) is 3.05. The van der Waals surface area contributed by atoms with Crippen molar-refractivity contribution in [3.63, 3.8) is 0 Å². The minimum atomic E-state index is -4.46. The third-order valence-corrected chi connectivity index (χ3v) is 15.8. The van der Waals surface area contributed by atoms with Crippen molar-refractivity contribution >= 4 is 19.7 Å². The van der Waals surface area contributed by atoms with Crippen molar-refractivity contribution in [3.05, 3.63) is 85.1 Å². The van der Waals surface area contributed by atoms with Gasteiger partial charge in [0, 0.05) is 12.8 Å². The molecule has 0 spiro atoms. The van der Waals surface area contributed by atoms with Crippen LogP contribution < -0.4 is 5.32 Å². The van der Waals surface area contributed by atoms with Crippen LogP contribution in [0.3, 0.4) is 0 Å². The predicted octanol–water partition coefficient (Wildman–Crippen LogP) is 21.3. The van der Waals surface area contributed by atoms with E-state index < -0.39 is 20.0 Å². The van der Waals surface area contributed by atoms with Gasteiger partial charge in [0.15, 0.2) is 0 Å². The van der Waals surface area contributed by atoms with E-state index in [1.165, 1.54) is 161 Å². The molecule has 0 aromatic carbocycles. The van der Waals surface area contributed by atoms with Gasteiger partial charge in [-0.1, -0.05) is 292 Å². The molecular formula is C71H130N2O7P+. The van der Waals surface area contributed by atoms with Crippen LogP contribution >= 0.6 is 7.82 Å². The molecule has 10 heteroatoms. The lowest BCUT2D eigenvalue weighted by Gasteiger charge is -2.27. The summed E-state index contributed by atoms with van der Waals surface area (Å²) in [5.41, 5.74) is 0. The highest BCUT2D eigenvalue weighted by Crippen LogP contribution is 2.43. The molecular weight excluding hydrogens is 1020 g/mol. The van der Waals surface area contributed by atoms with E-state index in [0.717, 1.165) is 103 Å². The molecule has 81 heavy (non-hydrogen) atoms. The van der Waals surface area contributed by atoms with Gasteiger partial charge in [0.2, 0.25) is 5.91 Å². The van der Waals surface area contributed by atoms with Gasteiger partial charge in [-0.05, 0) is 83.1 Å². The minimum absolute atomic E-state index is 0.0328. The van der Waals surface area contributed by atoms with E-state index in [1.54, 1.807) is 0 Å². The number of ether oxygens (including phenoxy) is 1. The molecule has 0 heterocycles. The van der Waals surface area contributed by atoms with Gasteiger partial charge in [-0.3, -0.25) is 18.6 Å². The fourth-order valence-electron chi connectivity index (χ4n) is 9.65. The van der Waals surface area contributed by atoms with Crippen molar-refractivity contribution in [2.45, 2.75) is 315 Å². The third-order valence-electron chi connectivity index (χ3n) is 14.8. The van der Waals surface area contributed by atoms with Crippen molar-refractivity contribution < 1.29 is 37.3 Å². The lowest BCUT2D eigenvalue weighted by molar-refractivity contribution is -0.870. The molecule has 0 rings (SSSR count). The number of rotatable bonds is 61. The van der Waals surface area contributed by atoms with Gasteiger partial charge < -0.3 is 19.4 Å². The third kappa shape index (κ3) is 61.6. The molecule has 0 saturated carbocycles. The maximum absolute atomic E-state index is 13.6. The molecule has 0 fully saturated rings. The summed E-state index contributed by atoms with van der Waals surface area (Å²) in [4.78, 5) is 37.8. The minimum Gasteiger partial charge on any atom is -0.456 e. The predicted molar refractivity (Wildman–Crippen MR) is 351 cm³/mol. The smallest absolute Gasteiger partial charge is 0.456 e. The van der Waals surface area contributed by atoms with Crippen LogP contribution in [0.1, 0.15) is 303 Å². The SMILES string of the molecule is CC/C=C\C/C=C\C/C=C\C/C=C\C/C=C\C/C=C\CCCCCCC(=O)NC(COP(=O)(O)OCC[N+](C)(C)C)C(/C=C/CCCCCCCCCCCCC)OC(=O)CCCCCCCCCCCCCCCCCCCCC. The quantitative estimate of drug-likeness (QED) is 0.0205. The normalized spacial score (nSPS) is 14.1. The number of carbonyl (C=O) groups is 2. The van der Waals surface area contributed by atoms with Crippen molar-refractivity contribution in [1.29, 1.82) is 0 Å². The second-order valence-corrected chi connectivity index (χ2v) is 25.4. The number of hydrogen-bond donors (Lipinski definition) is 2. The highest BCUT2D eigenvalue weighted by atomic mass is 31.2. The van der Waals surface area contributed by atoms with Gasteiger partial charge in [-0.15, -0.1) is 0 Å². The molecule has 0 radical (unpaired) electrons. The zero-order chi connectivity index (χ0) is 59.3. The first-order valence-electron chi connectivity index (χ1n) is 33.9. The topological polar surface area (TPSA) is 111 Å². The Kier molecular flexibility index (Phi) is 58.2. The maximum atomic E-state index is 13.6. The summed E-state index contributed by atoms with van der Waals surface area (Å²) in [6.07, 6.45) is 80.1. The van der Waals surface area contributed by atoms with E-state index in [2.05, 4.69) is 99.0 Å². The number of phosphoric ester groups is 1. The largest absolute Gasteiger partial charge is 0.472 e. The van der Waals surface area contributed by atoms with Gasteiger partial charge in [0.25, 0.3) is 0 Å². The Morgan fingerprint density at radius 3 is 1.19 bits per heavy atom. The first kappa shape index (κ1) is 78.2. The number of unbranched alkanes of at least 4 members (excludes halogenated alkanes) is 33. The van der Waals surface area contributed by atoms with Crippen LogP contribution in [0.25, 0.3) is 0 Å². The lowest BCUT2D eigenvalue weighted by atomic mass is 10.0. The Balaban J connectivity index is 5.24. The number of amides is 1. The second kappa shape index (κ2) is 60.3. The molecule has 0 aliphatic carbocycles. The standard InChI is InChI=1S/C71H129N2O7P/c1-7-10-13-16-19-22-25-28-30-32-34-35-36-37-39-40-42-45-48-51-54-57-60-63-70(74)72-68(67-79-81(76,77)78-66-65-73(4,5)6)69(62-59-56-53-50-47-44-27-24-21-18-15-12-9-3)80-71(75)64-61-58-55-52-49-46-43-41-38-33-31-29-26-23-20-17-14-11-8-2/h10,13,19,22,28,30,34-35,37,39,42,45,59,62,68-69H,7-9,11-12,14-18,20-21,23-27,29,31-33,36,38,40-41,43-44,46-58,60-61,63-67H2,1-6H3,(H-,72,74,76,77)/p+1/b13-10-,22-19-,30-28-,35-34-,39-37-,45-42-,62-59+. The van der Waals surface area contributed by atoms with E-state index in [9.17, 15) is 19.0 Å². The first-order chi connectivity index (χ1) is 39.4. The summed E-state index contributed by atoms with van der Waals surface area (Å²) < 4.78 is 30.8. The van der Waals surface area contributed by atoms with Crippen LogP contribution in [0, 0.1) is 0 Å². The lowest BCUT2D eigenvalue weighted by Crippen LogP contribution is -2.47. The average molecular weight is 1150 g/mol. The molecule has 3 unspecified atom stereocenters. The molecule has 0 aliphatic heterocycles. The van der Waals surface area contributed by atoms with Gasteiger partial charge in [0.05, 0.1) is 33.8 Å². The van der Waals surface area contributed by atoms with Crippen molar-refractivity contribution in [1.82, 2.24) is 5.32 Å². The molecule has 0 aromatic heterocycles. The Morgan fingerprint density at radius 2 is 0.790 bits per heavy atom. The fourth-order valence-corrected chi connectivity index (χ4v) is 10.4. The fraction of sp³-hybridized carbons (Fsp3) is 0.775. The zero-order valence-electron chi connectivity index (χ0n) is 53.8. The molecule has 0 aromatic rings. The number of carbonyl (C=O) groups excluding carboxylic acids is 2. The number of phosphoric acid groups is 1. The van der Waals surface area contributed by atoms with E-state index in [-0.39, 0.29) is 31.5 Å². The summed E-state index contributed by atoms with van der Waals surface area (Å²) in [6, 6.07) is -0.865. The van der Waals surface area contributed by atoms with Crippen LogP contribution in [0.15, 0.2) is 85.1 Å². The molecule has 3 atom stereocenters. The van der Waals surface area contributed by atoms with Gasteiger partial charge >= 0.3 is 13.8 Å². The molecule has 0 aliphatic rings. The summed E-state index contributed by atoms with van der Waals surface area (Å²) >= 11 is 0. The van der Waals surface area contributed by atoms with Crippen molar-refractivity contribution in [3.8, 4) is 0 Å². The molecule has 0 saturated heterocycles. The van der Waals surface area contributed by atoms with Crippen molar-refractivity contribution in [2.75, 3.05) is 40.9 Å². The van der Waals surface area contributed by atoms with E-state index >= 15 is 0 Å². The van der Waals surface area contributed by atoms with Gasteiger partial charge in [-0.25, -0.2) is 4.57 Å². The molecule has 1 amide bonds. The Morgan fingerprint density at radius 1 is 0.444 bits per heavy atom. The zero-order valence-corrected chi connectivity index (χ0v) is 54.7. The maximum Gasteiger partial charge on any atom is 0.472 e. The van der Waals surface area contributed by atoms with E-state index in [1.807, 2.05) is 33.3 Å². The second-order valence-electron chi connectivity index (χ2n) is 24.0. The van der Waals surface area contributed by atoms with E-state index in [4.69, 9.17) is 13.8 Å². The summed E-state index contributed by atoms with van der Waals surface area (Å²) in [5.74, 6) is -0.526. The molecule has 0 bridgehead atoms. The Labute approximate surface area is 501 Å². The highest BCUT2D eigenvalue weighted by Gasteiger charge is 2.30. The number of esters is 1. The Hall–Kier alpha value is -2.81. The molecule has 470 valence electrons. The first-order valence-corrected chi connectivity index (χ1v) is 35.4. The summed E-state index contributed by atoms with van der Waals surface area (Å²) in [7, 11) is 1.48. The van der Waals surface area contributed by atoms with E-state index in [0.29, 0.717) is 23.9 Å². The van der Waals surface area contributed by atoms with Crippen molar-refractivity contribution in [2.24, 2.45) is 0 Å². The molecule has 9 nitrogen and oxygen atoms in total. The monoisotopic (exact) mass is 1150 g/mol.